The van der Waals surface area contributed by atoms with Gasteiger partial charge in [-0.2, -0.15) is 5.26 Å². The maximum absolute atomic E-state index is 12.2. The summed E-state index contributed by atoms with van der Waals surface area (Å²) in [4.78, 5) is 36.0. The third-order valence-corrected chi connectivity index (χ3v) is 4.77. The van der Waals surface area contributed by atoms with Gasteiger partial charge in [-0.15, -0.1) is 0 Å². The second kappa shape index (κ2) is 9.64. The van der Waals surface area contributed by atoms with Gasteiger partial charge in [-0.25, -0.2) is 9.59 Å². The molecule has 0 saturated heterocycles. The van der Waals surface area contributed by atoms with E-state index in [1.807, 2.05) is 12.0 Å². The number of carbonyl (C=O) groups is 1. The lowest BCUT2D eigenvalue weighted by Gasteiger charge is -2.41. The topological polar surface area (TPSA) is 134 Å². The molecular weight excluding hydrogens is 378 g/mol. The van der Waals surface area contributed by atoms with Gasteiger partial charge in [0.1, 0.15) is 17.7 Å². The van der Waals surface area contributed by atoms with E-state index in [0.717, 1.165) is 0 Å². The summed E-state index contributed by atoms with van der Waals surface area (Å²) in [5, 5.41) is 29.7. The maximum Gasteiger partial charge on any atom is 0.334 e. The molecule has 0 aromatic heterocycles. The standard InChI is InChI=1S/C20H21N3O6/c1-3-15-18(20(25)26)17(13-6-8-14(9-7-13)23(27)28)19(29-11-5-10-21)16(12-24)22(15)4-2/h6-9,17,19H,3-5,11H2,1-2H3,(H,25,26). The fourth-order valence-corrected chi connectivity index (χ4v) is 3.60. The number of carboxylic acids is 1. The number of nitro benzene ring substituents is 1. The molecule has 9 heteroatoms. The number of aliphatic carboxylic acids is 1. The van der Waals surface area contributed by atoms with Crippen molar-refractivity contribution in [3.8, 4) is 6.07 Å². The minimum Gasteiger partial charge on any atom is -0.478 e. The summed E-state index contributed by atoms with van der Waals surface area (Å²) in [5.41, 5.74) is 0.996. The average molecular weight is 399 g/mol. The van der Waals surface area contributed by atoms with E-state index in [1.165, 1.54) is 24.3 Å². The van der Waals surface area contributed by atoms with Crippen LogP contribution in [0.3, 0.4) is 0 Å². The molecule has 2 unspecified atom stereocenters. The molecule has 0 bridgehead atoms. The summed E-state index contributed by atoms with van der Waals surface area (Å²) >= 11 is 0. The molecule has 1 aromatic rings. The van der Waals surface area contributed by atoms with E-state index in [-0.39, 0.29) is 30.0 Å². The van der Waals surface area contributed by atoms with Crippen molar-refractivity contribution in [2.45, 2.75) is 38.7 Å². The predicted molar refractivity (Wildman–Crippen MR) is 102 cm³/mol. The molecule has 0 aliphatic carbocycles. The van der Waals surface area contributed by atoms with Crippen molar-refractivity contribution in [2.75, 3.05) is 13.2 Å². The lowest BCUT2D eigenvalue weighted by molar-refractivity contribution is -0.384. The number of nitriles is 1. The Morgan fingerprint density at radius 2 is 2.00 bits per heavy atom. The van der Waals surface area contributed by atoms with Gasteiger partial charge in [0.25, 0.3) is 5.69 Å². The van der Waals surface area contributed by atoms with E-state index >= 15 is 0 Å². The Labute approximate surface area is 167 Å². The third kappa shape index (κ3) is 4.35. The van der Waals surface area contributed by atoms with Crippen LogP contribution in [0.4, 0.5) is 5.69 Å². The van der Waals surface area contributed by atoms with Crippen LogP contribution in [-0.2, 0) is 14.3 Å². The number of likely N-dealkylation sites (N-methyl/N-ethyl adjacent to an activating group) is 1. The van der Waals surface area contributed by atoms with Gasteiger partial charge in [-0.05, 0) is 18.9 Å². The van der Waals surface area contributed by atoms with Crippen LogP contribution in [-0.4, -0.2) is 46.1 Å². The van der Waals surface area contributed by atoms with Crippen molar-refractivity contribution in [3.63, 3.8) is 0 Å². The smallest absolute Gasteiger partial charge is 0.334 e. The minimum atomic E-state index is -1.16. The molecular formula is C20H21N3O6. The van der Waals surface area contributed by atoms with Crippen molar-refractivity contribution in [3.05, 3.63) is 56.9 Å². The minimum absolute atomic E-state index is 0.00173. The summed E-state index contributed by atoms with van der Waals surface area (Å²) in [6.45, 7) is 3.91. The van der Waals surface area contributed by atoms with Gasteiger partial charge in [-0.1, -0.05) is 19.1 Å². The van der Waals surface area contributed by atoms with E-state index in [0.29, 0.717) is 24.2 Å². The zero-order valence-electron chi connectivity index (χ0n) is 16.1. The molecule has 152 valence electrons. The molecule has 0 amide bonds. The Kier molecular flexibility index (Phi) is 7.26. The Morgan fingerprint density at radius 1 is 1.34 bits per heavy atom. The van der Waals surface area contributed by atoms with Crippen LogP contribution >= 0.6 is 0 Å². The first-order chi connectivity index (χ1) is 13.9. The average Bonchev–Trinajstić information content (AvgIpc) is 2.72. The van der Waals surface area contributed by atoms with Gasteiger partial charge in [-0.3, -0.25) is 10.1 Å². The number of hydrogen-bond donors (Lipinski definition) is 1. The van der Waals surface area contributed by atoms with E-state index in [9.17, 15) is 24.8 Å². The van der Waals surface area contributed by atoms with Gasteiger partial charge in [0.2, 0.25) is 0 Å². The van der Waals surface area contributed by atoms with Crippen LogP contribution < -0.4 is 0 Å². The number of benzene rings is 1. The number of carboxylic acid groups (broad SMARTS) is 1. The highest BCUT2D eigenvalue weighted by Crippen LogP contribution is 2.43. The van der Waals surface area contributed by atoms with E-state index in [4.69, 9.17) is 10.00 Å². The number of hydrogen-bond acceptors (Lipinski definition) is 7. The van der Waals surface area contributed by atoms with Crippen LogP contribution in [0.5, 0.6) is 0 Å². The molecule has 0 radical (unpaired) electrons. The van der Waals surface area contributed by atoms with Crippen LogP contribution in [0.1, 0.15) is 38.2 Å². The van der Waals surface area contributed by atoms with E-state index in [2.05, 4.69) is 0 Å². The lowest BCUT2D eigenvalue weighted by atomic mass is 9.79. The van der Waals surface area contributed by atoms with Crippen molar-refractivity contribution in [1.29, 1.82) is 5.26 Å². The number of nitrogens with zero attached hydrogens (tertiary/aromatic N) is 3. The molecule has 2 atom stereocenters. The summed E-state index contributed by atoms with van der Waals surface area (Å²) in [6.07, 6.45) is -0.563. The normalized spacial score (nSPS) is 18.9. The molecule has 29 heavy (non-hydrogen) atoms. The lowest BCUT2D eigenvalue weighted by Crippen LogP contribution is -2.43. The number of carbonyl (C=O) groups excluding carboxylic acids is 1. The molecule has 2 rings (SSSR count). The largest absolute Gasteiger partial charge is 0.478 e. The quantitative estimate of drug-likeness (QED) is 0.305. The molecule has 1 aliphatic heterocycles. The second-order valence-corrected chi connectivity index (χ2v) is 6.28. The Balaban J connectivity index is 2.71. The van der Waals surface area contributed by atoms with E-state index < -0.39 is 22.9 Å². The Morgan fingerprint density at radius 3 is 2.45 bits per heavy atom. The molecule has 0 spiro atoms. The first-order valence-electron chi connectivity index (χ1n) is 9.12. The zero-order valence-corrected chi connectivity index (χ0v) is 16.1. The predicted octanol–water partition coefficient (Wildman–Crippen LogP) is 2.78. The van der Waals surface area contributed by atoms with Crippen LogP contribution in [0.25, 0.3) is 0 Å². The highest BCUT2D eigenvalue weighted by Gasteiger charge is 2.43. The number of ether oxygens (including phenoxy) is 1. The first-order valence-corrected chi connectivity index (χ1v) is 9.12. The van der Waals surface area contributed by atoms with Gasteiger partial charge in [0, 0.05) is 24.4 Å². The summed E-state index contributed by atoms with van der Waals surface area (Å²) in [5.74, 6) is -0.154. The molecule has 1 N–H and O–H groups in total. The molecule has 0 fully saturated rings. The van der Waals surface area contributed by atoms with Gasteiger partial charge in [0.15, 0.2) is 0 Å². The van der Waals surface area contributed by atoms with Crippen molar-refractivity contribution >= 4 is 17.6 Å². The summed E-state index contributed by atoms with van der Waals surface area (Å²) < 4.78 is 5.78. The van der Waals surface area contributed by atoms with E-state index in [1.54, 1.807) is 18.7 Å². The molecule has 9 nitrogen and oxygen atoms in total. The highest BCUT2D eigenvalue weighted by atomic mass is 16.6. The number of nitro groups is 1. The van der Waals surface area contributed by atoms with Gasteiger partial charge in [0.05, 0.1) is 35.5 Å². The Bertz CT molecular complexity index is 909. The highest BCUT2D eigenvalue weighted by molar-refractivity contribution is 5.90. The number of rotatable bonds is 8. The molecule has 1 aromatic carbocycles. The molecule has 1 heterocycles. The zero-order chi connectivity index (χ0) is 21.6. The first kappa shape index (κ1) is 21.8. The van der Waals surface area contributed by atoms with Crippen LogP contribution in [0.2, 0.25) is 0 Å². The number of allylic oxidation sites excluding steroid dienone is 1. The van der Waals surface area contributed by atoms with Crippen molar-refractivity contribution in [1.82, 2.24) is 4.90 Å². The summed E-state index contributed by atoms with van der Waals surface area (Å²) in [6, 6.07) is 7.43. The Hall–Kier alpha value is -3.47. The fraction of sp³-hybridized carbons (Fsp3) is 0.400. The number of non-ortho nitro benzene ring substituents is 1. The maximum atomic E-state index is 12.2. The summed E-state index contributed by atoms with van der Waals surface area (Å²) in [7, 11) is 0. The third-order valence-electron chi connectivity index (χ3n) is 4.77. The van der Waals surface area contributed by atoms with Gasteiger partial charge < -0.3 is 14.7 Å². The second-order valence-electron chi connectivity index (χ2n) is 6.28. The SMILES string of the molecule is CCC1=C(C(=O)O)C(c2ccc([N+](=O)[O-])cc2)C(OCCC#N)C(=C=O)N1CC. The molecule has 1 aliphatic rings. The van der Waals surface area contributed by atoms with Crippen molar-refractivity contribution in [2.24, 2.45) is 0 Å². The van der Waals surface area contributed by atoms with Crippen molar-refractivity contribution < 1.29 is 24.4 Å². The van der Waals surface area contributed by atoms with Gasteiger partial charge >= 0.3 is 5.97 Å². The van der Waals surface area contributed by atoms with Crippen LogP contribution in [0, 0.1) is 21.4 Å². The fourth-order valence-electron chi connectivity index (χ4n) is 3.60. The van der Waals surface area contributed by atoms with Crippen LogP contribution in [0.15, 0.2) is 41.2 Å². The molecule has 0 saturated carbocycles. The monoisotopic (exact) mass is 399 g/mol.